The van der Waals surface area contributed by atoms with Crippen molar-refractivity contribution in [1.29, 1.82) is 0 Å². The summed E-state index contributed by atoms with van der Waals surface area (Å²) in [5, 5.41) is 6.63. The summed E-state index contributed by atoms with van der Waals surface area (Å²) in [5.74, 6) is 0.805. The molecule has 1 fully saturated rings. The third-order valence-electron chi connectivity index (χ3n) is 5.21. The Bertz CT molecular complexity index is 575. The largest absolute Gasteiger partial charge is 0.378 e. The van der Waals surface area contributed by atoms with Crippen molar-refractivity contribution in [2.45, 2.75) is 51.4 Å². The number of aliphatic imine (C=N–C) groups is 1. The van der Waals surface area contributed by atoms with Gasteiger partial charge in [-0.3, -0.25) is 9.89 Å². The van der Waals surface area contributed by atoms with Crippen molar-refractivity contribution in [2.24, 2.45) is 4.99 Å². The molecule has 1 aromatic rings. The number of likely N-dealkylation sites (tertiary alicyclic amines) is 1. The highest BCUT2D eigenvalue weighted by atomic mass is 127. The van der Waals surface area contributed by atoms with E-state index in [1.165, 1.54) is 5.56 Å². The molecule has 2 rings (SSSR count). The van der Waals surface area contributed by atoms with Crippen molar-refractivity contribution in [3.05, 3.63) is 35.9 Å². The highest BCUT2D eigenvalue weighted by molar-refractivity contribution is 14.0. The number of nitrogens with one attached hydrogen (secondary N) is 2. The predicted molar refractivity (Wildman–Crippen MR) is 131 cm³/mol. The van der Waals surface area contributed by atoms with Gasteiger partial charge in [-0.2, -0.15) is 0 Å². The summed E-state index contributed by atoms with van der Waals surface area (Å²) in [6.45, 7) is 9.72. The molecule has 0 spiro atoms. The molecule has 0 aromatic heterocycles. The van der Waals surface area contributed by atoms with E-state index < -0.39 is 0 Å². The maximum atomic E-state index is 6.08. The Balaban J connectivity index is 0.00000420. The fourth-order valence-electron chi connectivity index (χ4n) is 3.19. The summed E-state index contributed by atoms with van der Waals surface area (Å²) in [6.07, 6.45) is 3.61. The van der Waals surface area contributed by atoms with E-state index in [0.717, 1.165) is 58.0 Å². The molecule has 0 aliphatic carbocycles. The number of piperidine rings is 1. The quantitative estimate of drug-likeness (QED) is 0.216. The lowest BCUT2D eigenvalue weighted by Gasteiger charge is -2.32. The first kappa shape index (κ1) is 26.1. The lowest BCUT2D eigenvalue weighted by molar-refractivity contribution is 0.00530. The van der Waals surface area contributed by atoms with Gasteiger partial charge in [0, 0.05) is 53.5 Å². The fraction of sp³-hybridized carbons (Fsp3) is 0.682. The van der Waals surface area contributed by atoms with Gasteiger partial charge in [0.25, 0.3) is 0 Å². The maximum Gasteiger partial charge on any atom is 0.191 e. The van der Waals surface area contributed by atoms with Gasteiger partial charge in [-0.15, -0.1) is 24.0 Å². The Labute approximate surface area is 193 Å². The van der Waals surface area contributed by atoms with Crippen molar-refractivity contribution in [2.75, 3.05) is 46.9 Å². The molecule has 29 heavy (non-hydrogen) atoms. The molecule has 6 nitrogen and oxygen atoms in total. The first-order valence-corrected chi connectivity index (χ1v) is 10.4. The summed E-state index contributed by atoms with van der Waals surface area (Å²) in [5.41, 5.74) is 1.18. The van der Waals surface area contributed by atoms with Gasteiger partial charge >= 0.3 is 0 Å². The van der Waals surface area contributed by atoms with Gasteiger partial charge in [0.05, 0.1) is 11.7 Å². The molecule has 0 unspecified atom stereocenters. The standard InChI is InChI=1S/C22H38N4O2.HI/c1-22(2,27-4)18-25-21(23-3)24-13-8-16-28-20-11-14-26(15-12-20)17-19-9-6-5-7-10-19;/h5-7,9-10,20H,8,11-18H2,1-4H3,(H2,23,24,25);1H. The van der Waals surface area contributed by atoms with Crippen LogP contribution in [0.2, 0.25) is 0 Å². The van der Waals surface area contributed by atoms with Crippen LogP contribution in [0.4, 0.5) is 0 Å². The number of halogens is 1. The van der Waals surface area contributed by atoms with Crippen LogP contribution in [-0.4, -0.2) is 69.5 Å². The van der Waals surface area contributed by atoms with Crippen LogP contribution in [0.15, 0.2) is 35.3 Å². The smallest absolute Gasteiger partial charge is 0.191 e. The number of rotatable bonds is 10. The number of methoxy groups -OCH3 is 1. The molecule has 2 N–H and O–H groups in total. The highest BCUT2D eigenvalue weighted by Crippen LogP contribution is 2.16. The van der Waals surface area contributed by atoms with E-state index in [-0.39, 0.29) is 29.6 Å². The Hall–Kier alpha value is -0.900. The number of benzene rings is 1. The van der Waals surface area contributed by atoms with E-state index in [1.807, 2.05) is 13.8 Å². The van der Waals surface area contributed by atoms with E-state index in [0.29, 0.717) is 12.6 Å². The van der Waals surface area contributed by atoms with Crippen molar-refractivity contribution in [3.8, 4) is 0 Å². The molecule has 166 valence electrons. The molecule has 7 heteroatoms. The third-order valence-corrected chi connectivity index (χ3v) is 5.21. The minimum Gasteiger partial charge on any atom is -0.378 e. The lowest BCUT2D eigenvalue weighted by Crippen LogP contribution is -2.45. The molecule has 0 radical (unpaired) electrons. The second-order valence-electron chi connectivity index (χ2n) is 8.00. The van der Waals surface area contributed by atoms with E-state index in [1.54, 1.807) is 14.2 Å². The van der Waals surface area contributed by atoms with Gasteiger partial charge in [-0.25, -0.2) is 0 Å². The minimum absolute atomic E-state index is 0. The Morgan fingerprint density at radius 1 is 1.17 bits per heavy atom. The molecule has 0 saturated carbocycles. The first-order valence-electron chi connectivity index (χ1n) is 10.4. The van der Waals surface area contributed by atoms with E-state index >= 15 is 0 Å². The Morgan fingerprint density at radius 2 is 1.86 bits per heavy atom. The van der Waals surface area contributed by atoms with Crippen molar-refractivity contribution in [1.82, 2.24) is 15.5 Å². The van der Waals surface area contributed by atoms with E-state index in [4.69, 9.17) is 9.47 Å². The number of guanidine groups is 1. The second-order valence-corrected chi connectivity index (χ2v) is 8.00. The van der Waals surface area contributed by atoms with Crippen LogP contribution in [0.1, 0.15) is 38.7 Å². The van der Waals surface area contributed by atoms with Crippen LogP contribution >= 0.6 is 24.0 Å². The lowest BCUT2D eigenvalue weighted by atomic mass is 10.1. The molecule has 1 heterocycles. The molecule has 1 aliphatic rings. The van der Waals surface area contributed by atoms with Gasteiger partial charge in [-0.1, -0.05) is 30.3 Å². The third kappa shape index (κ3) is 10.6. The summed E-state index contributed by atoms with van der Waals surface area (Å²) in [4.78, 5) is 6.77. The molecule has 0 amide bonds. The highest BCUT2D eigenvalue weighted by Gasteiger charge is 2.19. The normalized spacial score (nSPS) is 16.3. The first-order chi connectivity index (χ1) is 13.5. The number of ether oxygens (including phenoxy) is 2. The van der Waals surface area contributed by atoms with Gasteiger partial charge in [0.15, 0.2) is 5.96 Å². The summed E-state index contributed by atoms with van der Waals surface area (Å²) in [7, 11) is 3.51. The van der Waals surface area contributed by atoms with Crippen molar-refractivity contribution in [3.63, 3.8) is 0 Å². The zero-order valence-corrected chi connectivity index (χ0v) is 20.8. The van der Waals surface area contributed by atoms with Crippen molar-refractivity contribution >= 4 is 29.9 Å². The van der Waals surface area contributed by atoms with Gasteiger partial charge in [0.1, 0.15) is 0 Å². The average molecular weight is 518 g/mol. The van der Waals surface area contributed by atoms with Crippen molar-refractivity contribution < 1.29 is 9.47 Å². The van der Waals surface area contributed by atoms with Crippen LogP contribution < -0.4 is 10.6 Å². The van der Waals surface area contributed by atoms with Gasteiger partial charge in [0.2, 0.25) is 0 Å². The van der Waals surface area contributed by atoms with Crippen LogP contribution in [0.25, 0.3) is 0 Å². The Kier molecular flexibility index (Phi) is 12.8. The molecule has 0 atom stereocenters. The van der Waals surface area contributed by atoms with Crippen LogP contribution in [0.3, 0.4) is 0 Å². The summed E-state index contributed by atoms with van der Waals surface area (Å²) >= 11 is 0. The summed E-state index contributed by atoms with van der Waals surface area (Å²) in [6, 6.07) is 10.7. The van der Waals surface area contributed by atoms with Crippen LogP contribution in [0.5, 0.6) is 0 Å². The van der Waals surface area contributed by atoms with E-state index in [9.17, 15) is 0 Å². The SMILES string of the molecule is CN=C(NCCCOC1CCN(Cc2ccccc2)CC1)NCC(C)(C)OC.I. The zero-order valence-electron chi connectivity index (χ0n) is 18.4. The molecule has 1 aromatic carbocycles. The minimum atomic E-state index is -0.212. The van der Waals surface area contributed by atoms with Gasteiger partial charge < -0.3 is 20.1 Å². The Morgan fingerprint density at radius 3 is 2.48 bits per heavy atom. The van der Waals surface area contributed by atoms with E-state index in [2.05, 4.69) is 50.9 Å². The maximum absolute atomic E-state index is 6.08. The number of hydrogen-bond acceptors (Lipinski definition) is 4. The molecular formula is C22H39IN4O2. The monoisotopic (exact) mass is 518 g/mol. The predicted octanol–water partition coefficient (Wildman–Crippen LogP) is 3.27. The van der Waals surface area contributed by atoms with Gasteiger partial charge in [-0.05, 0) is 38.7 Å². The molecule has 0 bridgehead atoms. The van der Waals surface area contributed by atoms with Crippen LogP contribution in [-0.2, 0) is 16.0 Å². The topological polar surface area (TPSA) is 58.1 Å². The van der Waals surface area contributed by atoms with Crippen LogP contribution in [0, 0.1) is 0 Å². The fourth-order valence-corrected chi connectivity index (χ4v) is 3.19. The molecule has 1 aliphatic heterocycles. The molecular weight excluding hydrogens is 479 g/mol. The number of hydrogen-bond donors (Lipinski definition) is 2. The number of nitrogens with zero attached hydrogens (tertiary/aromatic N) is 2. The summed E-state index contributed by atoms with van der Waals surface area (Å²) < 4.78 is 11.5. The second kappa shape index (κ2) is 14.2. The zero-order chi connectivity index (χ0) is 20.2. The average Bonchev–Trinajstić information content (AvgIpc) is 2.72. The molecule has 1 saturated heterocycles.